The maximum atomic E-state index is 11.9. The number of anilines is 1. The van der Waals surface area contributed by atoms with E-state index in [1.54, 1.807) is 15.9 Å². The van der Waals surface area contributed by atoms with Crippen molar-refractivity contribution in [3.05, 3.63) is 36.9 Å². The van der Waals surface area contributed by atoms with E-state index in [4.69, 9.17) is 5.73 Å². The van der Waals surface area contributed by atoms with Crippen LogP contribution in [0.2, 0.25) is 0 Å². The van der Waals surface area contributed by atoms with Gasteiger partial charge in [0.05, 0.1) is 5.69 Å². The van der Waals surface area contributed by atoms with Crippen LogP contribution in [0.15, 0.2) is 36.9 Å². The van der Waals surface area contributed by atoms with Crippen LogP contribution in [0, 0.1) is 5.92 Å². The van der Waals surface area contributed by atoms with Gasteiger partial charge in [0.15, 0.2) is 0 Å². The molecular weight excluding hydrogens is 242 g/mol. The molecular formula is C13H15N5O. The van der Waals surface area contributed by atoms with Crippen molar-refractivity contribution >= 4 is 11.6 Å². The topological polar surface area (TPSA) is 77.0 Å². The normalized spacial score (nSPS) is 19.1. The molecule has 2 heterocycles. The molecule has 1 aromatic heterocycles. The predicted molar refractivity (Wildman–Crippen MR) is 70.9 cm³/mol. The van der Waals surface area contributed by atoms with Gasteiger partial charge in [-0.05, 0) is 36.7 Å². The first kappa shape index (κ1) is 11.9. The molecule has 6 nitrogen and oxygen atoms in total. The summed E-state index contributed by atoms with van der Waals surface area (Å²) in [7, 11) is 0. The Balaban J connectivity index is 1.81. The van der Waals surface area contributed by atoms with Crippen LogP contribution in [-0.2, 0) is 4.79 Å². The van der Waals surface area contributed by atoms with Crippen molar-refractivity contribution in [1.29, 1.82) is 0 Å². The van der Waals surface area contributed by atoms with E-state index in [-0.39, 0.29) is 11.8 Å². The highest BCUT2D eigenvalue weighted by Crippen LogP contribution is 2.25. The zero-order valence-corrected chi connectivity index (χ0v) is 10.4. The average Bonchev–Trinajstić information content (AvgIpc) is 3.08. The van der Waals surface area contributed by atoms with E-state index in [9.17, 15) is 4.79 Å². The van der Waals surface area contributed by atoms with Gasteiger partial charge in [-0.1, -0.05) is 0 Å². The summed E-state index contributed by atoms with van der Waals surface area (Å²) in [5, 5.41) is 4.06. The predicted octanol–water partition coefficient (Wildman–Crippen LogP) is 0.579. The summed E-state index contributed by atoms with van der Waals surface area (Å²) in [5.74, 6) is 0.409. The van der Waals surface area contributed by atoms with Gasteiger partial charge in [-0.25, -0.2) is 9.67 Å². The molecule has 1 unspecified atom stereocenters. The van der Waals surface area contributed by atoms with Gasteiger partial charge >= 0.3 is 0 Å². The summed E-state index contributed by atoms with van der Waals surface area (Å²) in [6, 6.07) is 7.70. The highest BCUT2D eigenvalue weighted by Gasteiger charge is 2.29. The number of carbonyl (C=O) groups excluding carboxylic acids is 1. The zero-order valence-electron chi connectivity index (χ0n) is 10.4. The Hall–Kier alpha value is -2.21. The Bertz CT molecular complexity index is 563. The molecule has 1 fully saturated rings. The van der Waals surface area contributed by atoms with Crippen LogP contribution in [0.5, 0.6) is 0 Å². The van der Waals surface area contributed by atoms with Crippen LogP contribution in [-0.4, -0.2) is 33.8 Å². The molecule has 1 saturated heterocycles. The second-order valence-electron chi connectivity index (χ2n) is 4.67. The molecule has 1 aromatic carbocycles. The number of benzene rings is 1. The summed E-state index contributed by atoms with van der Waals surface area (Å²) in [4.78, 5) is 17.6. The van der Waals surface area contributed by atoms with Gasteiger partial charge < -0.3 is 10.6 Å². The van der Waals surface area contributed by atoms with E-state index >= 15 is 0 Å². The highest BCUT2D eigenvalue weighted by molar-refractivity contribution is 5.95. The lowest BCUT2D eigenvalue weighted by molar-refractivity contribution is -0.117. The number of carbonyl (C=O) groups is 1. The summed E-state index contributed by atoms with van der Waals surface area (Å²) in [5.41, 5.74) is 7.45. The maximum absolute atomic E-state index is 11.9. The lowest BCUT2D eigenvalue weighted by Gasteiger charge is -2.16. The number of aromatic nitrogens is 3. The van der Waals surface area contributed by atoms with Crippen molar-refractivity contribution in [2.75, 3.05) is 18.0 Å². The summed E-state index contributed by atoms with van der Waals surface area (Å²) < 4.78 is 1.68. The molecule has 2 aromatic rings. The van der Waals surface area contributed by atoms with Gasteiger partial charge in [-0.2, -0.15) is 5.10 Å². The first-order chi connectivity index (χ1) is 9.28. The van der Waals surface area contributed by atoms with Crippen LogP contribution in [0.4, 0.5) is 5.69 Å². The molecule has 0 spiro atoms. The van der Waals surface area contributed by atoms with Crippen molar-refractivity contribution in [1.82, 2.24) is 14.8 Å². The summed E-state index contributed by atoms with van der Waals surface area (Å²) in [6.07, 6.45) is 3.67. The molecule has 2 N–H and O–H groups in total. The van der Waals surface area contributed by atoms with Crippen molar-refractivity contribution in [3.8, 4) is 5.69 Å². The van der Waals surface area contributed by atoms with E-state index in [2.05, 4.69) is 10.1 Å². The van der Waals surface area contributed by atoms with Crippen LogP contribution in [0.25, 0.3) is 5.69 Å². The minimum Gasteiger partial charge on any atom is -0.330 e. The number of nitrogens with two attached hydrogens (primary N) is 1. The molecule has 0 bridgehead atoms. The van der Waals surface area contributed by atoms with E-state index < -0.39 is 0 Å². The molecule has 19 heavy (non-hydrogen) atoms. The first-order valence-corrected chi connectivity index (χ1v) is 6.23. The molecule has 0 saturated carbocycles. The summed E-state index contributed by atoms with van der Waals surface area (Å²) >= 11 is 0. The monoisotopic (exact) mass is 257 g/mol. The third-order valence-corrected chi connectivity index (χ3v) is 3.38. The van der Waals surface area contributed by atoms with Gasteiger partial charge in [0.25, 0.3) is 0 Å². The quantitative estimate of drug-likeness (QED) is 0.872. The van der Waals surface area contributed by atoms with Crippen LogP contribution < -0.4 is 10.6 Å². The number of rotatable bonds is 3. The van der Waals surface area contributed by atoms with E-state index in [1.165, 1.54) is 6.33 Å². The second kappa shape index (κ2) is 4.81. The molecule has 0 aliphatic carbocycles. The van der Waals surface area contributed by atoms with E-state index in [1.807, 2.05) is 24.3 Å². The van der Waals surface area contributed by atoms with Crippen molar-refractivity contribution in [2.24, 2.45) is 11.7 Å². The zero-order chi connectivity index (χ0) is 13.2. The Morgan fingerprint density at radius 2 is 2.00 bits per heavy atom. The Morgan fingerprint density at radius 3 is 2.58 bits per heavy atom. The summed E-state index contributed by atoms with van der Waals surface area (Å²) in [6.45, 7) is 1.26. The largest absolute Gasteiger partial charge is 0.330 e. The molecule has 1 aliphatic rings. The fraction of sp³-hybridized carbons (Fsp3) is 0.308. The van der Waals surface area contributed by atoms with Gasteiger partial charge in [0.2, 0.25) is 5.91 Å². The molecule has 1 amide bonds. The van der Waals surface area contributed by atoms with Crippen LogP contribution >= 0.6 is 0 Å². The van der Waals surface area contributed by atoms with Gasteiger partial charge in [-0.15, -0.1) is 0 Å². The highest BCUT2D eigenvalue weighted by atomic mass is 16.2. The van der Waals surface area contributed by atoms with Crippen molar-refractivity contribution < 1.29 is 4.79 Å². The fourth-order valence-electron chi connectivity index (χ4n) is 2.32. The van der Waals surface area contributed by atoms with Gasteiger partial charge in [0.1, 0.15) is 12.7 Å². The molecule has 1 aliphatic heterocycles. The van der Waals surface area contributed by atoms with E-state index in [0.29, 0.717) is 19.5 Å². The van der Waals surface area contributed by atoms with Crippen molar-refractivity contribution in [2.45, 2.75) is 6.42 Å². The number of hydrogen-bond acceptors (Lipinski definition) is 4. The van der Waals surface area contributed by atoms with Gasteiger partial charge in [0, 0.05) is 18.7 Å². The SMILES string of the molecule is NCC1CC(=O)N(c2ccc(-n3cncn3)cc2)C1. The van der Waals surface area contributed by atoms with Crippen LogP contribution in [0.1, 0.15) is 6.42 Å². The smallest absolute Gasteiger partial charge is 0.227 e. The molecule has 6 heteroatoms. The number of hydrogen-bond donors (Lipinski definition) is 1. The second-order valence-corrected chi connectivity index (χ2v) is 4.67. The van der Waals surface area contributed by atoms with Gasteiger partial charge in [-0.3, -0.25) is 4.79 Å². The third-order valence-electron chi connectivity index (χ3n) is 3.38. The third kappa shape index (κ3) is 2.22. The Morgan fingerprint density at radius 1 is 1.26 bits per heavy atom. The molecule has 3 rings (SSSR count). The van der Waals surface area contributed by atoms with Crippen LogP contribution in [0.3, 0.4) is 0 Å². The minimum absolute atomic E-state index is 0.143. The Labute approximate surface area is 110 Å². The lowest BCUT2D eigenvalue weighted by atomic mass is 10.1. The first-order valence-electron chi connectivity index (χ1n) is 6.23. The van der Waals surface area contributed by atoms with Crippen molar-refractivity contribution in [3.63, 3.8) is 0 Å². The average molecular weight is 257 g/mol. The Kier molecular flexibility index (Phi) is 3.00. The number of amides is 1. The van der Waals surface area contributed by atoms with E-state index in [0.717, 1.165) is 11.4 Å². The fourth-order valence-corrected chi connectivity index (χ4v) is 2.32. The molecule has 0 radical (unpaired) electrons. The maximum Gasteiger partial charge on any atom is 0.227 e. The number of nitrogens with zero attached hydrogens (tertiary/aromatic N) is 4. The minimum atomic E-state index is 0.143. The standard InChI is InChI=1S/C13H15N5O/c14-6-10-5-13(19)17(7-10)11-1-3-12(4-2-11)18-9-15-8-16-18/h1-4,8-10H,5-7,14H2. The molecule has 1 atom stereocenters. The molecule has 98 valence electrons. The lowest BCUT2D eigenvalue weighted by Crippen LogP contribution is -2.25.